The van der Waals surface area contributed by atoms with Crippen molar-refractivity contribution in [1.29, 1.82) is 0 Å². The van der Waals surface area contributed by atoms with E-state index in [4.69, 9.17) is 0 Å². The summed E-state index contributed by atoms with van der Waals surface area (Å²) in [6.45, 7) is 5.84. The Kier molecular flexibility index (Phi) is 6.49. The molecule has 1 heterocycles. The maximum atomic E-state index is 13.7. The van der Waals surface area contributed by atoms with Crippen molar-refractivity contribution < 1.29 is 9.18 Å². The molecule has 150 valence electrons. The molecule has 1 amide bonds. The van der Waals surface area contributed by atoms with Crippen LogP contribution in [0.15, 0.2) is 64.4 Å². The Balaban J connectivity index is 1.71. The topological polar surface area (TPSA) is 64.0 Å². The molecule has 0 saturated heterocycles. The van der Waals surface area contributed by atoms with Crippen LogP contribution in [-0.4, -0.2) is 20.9 Å². The molecule has 0 saturated carbocycles. The lowest BCUT2D eigenvalue weighted by Crippen LogP contribution is -2.31. The van der Waals surface area contributed by atoms with E-state index in [0.29, 0.717) is 16.3 Å². The van der Waals surface area contributed by atoms with Crippen molar-refractivity contribution in [2.24, 2.45) is 0 Å². The second-order valence-electron chi connectivity index (χ2n) is 6.76. The number of carbonyl (C=O) groups is 1. The molecule has 0 spiro atoms. The highest BCUT2D eigenvalue weighted by atomic mass is 32.2. The van der Waals surface area contributed by atoms with Gasteiger partial charge in [-0.3, -0.25) is 9.59 Å². The lowest BCUT2D eigenvalue weighted by atomic mass is 10.1. The smallest absolute Gasteiger partial charge is 0.271 e. The first-order chi connectivity index (χ1) is 13.8. The van der Waals surface area contributed by atoms with Crippen molar-refractivity contribution in [3.63, 3.8) is 0 Å². The highest BCUT2D eigenvalue weighted by Gasteiger charge is 2.16. The maximum absolute atomic E-state index is 13.7. The van der Waals surface area contributed by atoms with Crippen LogP contribution in [0.1, 0.15) is 23.6 Å². The van der Waals surface area contributed by atoms with E-state index < -0.39 is 5.25 Å². The molecule has 3 rings (SSSR count). The Bertz CT molecular complexity index is 1100. The van der Waals surface area contributed by atoms with Crippen LogP contribution in [0.5, 0.6) is 0 Å². The SMILES string of the molecule is Cc1ccc(-n2nc(S[C@H](C)C(=O)NCc3ccccc3F)ccc2=O)cc1C. The van der Waals surface area contributed by atoms with Crippen LogP contribution in [0.4, 0.5) is 4.39 Å². The van der Waals surface area contributed by atoms with E-state index in [0.717, 1.165) is 11.1 Å². The first-order valence-electron chi connectivity index (χ1n) is 9.21. The fourth-order valence-corrected chi connectivity index (χ4v) is 3.53. The molecule has 0 aliphatic carbocycles. The number of nitrogens with zero attached hydrogens (tertiary/aromatic N) is 2. The zero-order valence-corrected chi connectivity index (χ0v) is 17.3. The van der Waals surface area contributed by atoms with Crippen molar-refractivity contribution >= 4 is 17.7 Å². The van der Waals surface area contributed by atoms with Crippen LogP contribution in [-0.2, 0) is 11.3 Å². The number of hydrogen-bond acceptors (Lipinski definition) is 4. The van der Waals surface area contributed by atoms with Gasteiger partial charge in [0.1, 0.15) is 10.8 Å². The van der Waals surface area contributed by atoms with Gasteiger partial charge in [-0.15, -0.1) is 0 Å². The second kappa shape index (κ2) is 9.05. The third-order valence-corrected chi connectivity index (χ3v) is 5.62. The standard InChI is InChI=1S/C22H22FN3O2S/c1-14-8-9-18(12-15(14)2)26-21(27)11-10-20(25-26)29-16(3)22(28)24-13-17-6-4-5-7-19(17)23/h4-12,16H,13H2,1-3H3,(H,24,28)/t16-/m1/s1. The number of halogens is 1. The van der Waals surface area contributed by atoms with Crippen molar-refractivity contribution in [2.75, 3.05) is 0 Å². The average Bonchev–Trinajstić information content (AvgIpc) is 2.70. The molecule has 0 fully saturated rings. The minimum atomic E-state index is -0.458. The molecule has 1 N–H and O–H groups in total. The largest absolute Gasteiger partial charge is 0.351 e. The third kappa shape index (κ3) is 5.12. The van der Waals surface area contributed by atoms with Crippen molar-refractivity contribution in [1.82, 2.24) is 15.1 Å². The van der Waals surface area contributed by atoms with Crippen LogP contribution in [0.25, 0.3) is 5.69 Å². The van der Waals surface area contributed by atoms with E-state index in [1.54, 1.807) is 31.2 Å². The molecule has 0 radical (unpaired) electrons. The van der Waals surface area contributed by atoms with E-state index in [-0.39, 0.29) is 23.8 Å². The molecule has 5 nitrogen and oxygen atoms in total. The number of aromatic nitrogens is 2. The Hall–Kier alpha value is -2.93. The summed E-state index contributed by atoms with van der Waals surface area (Å²) in [5, 5.41) is 7.22. The molecule has 1 aromatic heterocycles. The summed E-state index contributed by atoms with van der Waals surface area (Å²) in [6.07, 6.45) is 0. The van der Waals surface area contributed by atoms with Crippen LogP contribution >= 0.6 is 11.8 Å². The fourth-order valence-electron chi connectivity index (χ4n) is 2.70. The minimum absolute atomic E-state index is 0.117. The zero-order chi connectivity index (χ0) is 21.0. The second-order valence-corrected chi connectivity index (χ2v) is 8.12. The molecular weight excluding hydrogens is 389 g/mol. The Morgan fingerprint density at radius 1 is 1.14 bits per heavy atom. The van der Waals surface area contributed by atoms with Gasteiger partial charge in [0.05, 0.1) is 10.9 Å². The molecule has 0 unspecified atom stereocenters. The summed E-state index contributed by atoms with van der Waals surface area (Å²) in [6, 6.07) is 15.1. The fraction of sp³-hybridized carbons (Fsp3) is 0.227. The normalized spacial score (nSPS) is 11.9. The lowest BCUT2D eigenvalue weighted by molar-refractivity contribution is -0.120. The maximum Gasteiger partial charge on any atom is 0.271 e. The Labute approximate surface area is 173 Å². The van der Waals surface area contributed by atoms with E-state index >= 15 is 0 Å². The lowest BCUT2D eigenvalue weighted by Gasteiger charge is -2.13. The zero-order valence-electron chi connectivity index (χ0n) is 16.5. The molecule has 0 aliphatic rings. The molecule has 3 aromatic rings. The van der Waals surface area contributed by atoms with Crippen LogP contribution in [0, 0.1) is 19.7 Å². The average molecular weight is 412 g/mol. The first-order valence-corrected chi connectivity index (χ1v) is 10.1. The minimum Gasteiger partial charge on any atom is -0.351 e. The van der Waals surface area contributed by atoms with Gasteiger partial charge < -0.3 is 5.32 Å². The third-order valence-electron chi connectivity index (χ3n) is 4.59. The van der Waals surface area contributed by atoms with Gasteiger partial charge in [0.15, 0.2) is 0 Å². The van der Waals surface area contributed by atoms with Crippen molar-refractivity contribution in [3.05, 3.63) is 87.5 Å². The predicted octanol–water partition coefficient (Wildman–Crippen LogP) is 3.79. The van der Waals surface area contributed by atoms with Crippen molar-refractivity contribution in [3.8, 4) is 5.69 Å². The summed E-state index contributed by atoms with van der Waals surface area (Å²) >= 11 is 1.24. The number of amides is 1. The molecule has 0 bridgehead atoms. The van der Waals surface area contributed by atoms with Gasteiger partial charge in [0, 0.05) is 18.2 Å². The predicted molar refractivity (Wildman–Crippen MR) is 113 cm³/mol. The van der Waals surface area contributed by atoms with Gasteiger partial charge >= 0.3 is 0 Å². The molecular formula is C22H22FN3O2S. The number of aryl methyl sites for hydroxylation is 2. The van der Waals surface area contributed by atoms with Gasteiger partial charge in [-0.25, -0.2) is 4.39 Å². The van der Waals surface area contributed by atoms with Crippen molar-refractivity contribution in [2.45, 2.75) is 37.6 Å². The van der Waals surface area contributed by atoms with Gasteiger partial charge in [-0.1, -0.05) is 36.0 Å². The number of thioether (sulfide) groups is 1. The van der Waals surface area contributed by atoms with Crippen LogP contribution in [0.3, 0.4) is 0 Å². The summed E-state index contributed by atoms with van der Waals surface area (Å²) in [7, 11) is 0. The molecule has 29 heavy (non-hydrogen) atoms. The summed E-state index contributed by atoms with van der Waals surface area (Å²) in [4.78, 5) is 24.6. The summed E-state index contributed by atoms with van der Waals surface area (Å²) in [5.41, 5.74) is 3.06. The van der Waals surface area contributed by atoms with Gasteiger partial charge in [0.25, 0.3) is 5.56 Å². The highest BCUT2D eigenvalue weighted by molar-refractivity contribution is 8.00. The van der Waals surface area contributed by atoms with Crippen LogP contribution in [0.2, 0.25) is 0 Å². The first kappa shape index (κ1) is 20.8. The number of hydrogen-bond donors (Lipinski definition) is 1. The molecule has 2 aromatic carbocycles. The molecule has 1 atom stereocenters. The van der Waals surface area contributed by atoms with E-state index in [2.05, 4.69) is 10.4 Å². The quantitative estimate of drug-likeness (QED) is 0.627. The molecule has 0 aliphatic heterocycles. The van der Waals surface area contributed by atoms with Crippen LogP contribution < -0.4 is 10.9 Å². The highest BCUT2D eigenvalue weighted by Crippen LogP contribution is 2.21. The number of carbonyl (C=O) groups excluding carboxylic acids is 1. The summed E-state index contributed by atoms with van der Waals surface area (Å²) < 4.78 is 15.0. The van der Waals surface area contributed by atoms with E-state index in [1.165, 1.54) is 28.6 Å². The summed E-state index contributed by atoms with van der Waals surface area (Å²) in [5.74, 6) is -0.584. The van der Waals surface area contributed by atoms with Gasteiger partial charge in [0.2, 0.25) is 5.91 Å². The Morgan fingerprint density at radius 3 is 2.62 bits per heavy atom. The number of nitrogens with one attached hydrogen (secondary N) is 1. The Morgan fingerprint density at radius 2 is 1.90 bits per heavy atom. The monoisotopic (exact) mass is 411 g/mol. The number of rotatable bonds is 6. The van der Waals surface area contributed by atoms with Gasteiger partial charge in [-0.05, 0) is 56.2 Å². The number of benzene rings is 2. The molecule has 7 heteroatoms. The van der Waals surface area contributed by atoms with Gasteiger partial charge in [-0.2, -0.15) is 9.78 Å². The van der Waals surface area contributed by atoms with E-state index in [9.17, 15) is 14.0 Å². The van der Waals surface area contributed by atoms with E-state index in [1.807, 2.05) is 32.0 Å².